The third-order valence-electron chi connectivity index (χ3n) is 3.67. The first-order valence-electron chi connectivity index (χ1n) is 7.21. The normalized spacial score (nSPS) is 14.2. The van der Waals surface area contributed by atoms with E-state index in [1.807, 2.05) is 24.3 Å². The summed E-state index contributed by atoms with van der Waals surface area (Å²) in [5.41, 5.74) is 1.76. The average Bonchev–Trinajstić information content (AvgIpc) is 2.96. The van der Waals surface area contributed by atoms with Crippen LogP contribution in [0.1, 0.15) is 23.2 Å². The van der Waals surface area contributed by atoms with Crippen molar-refractivity contribution in [1.82, 2.24) is 0 Å². The molecule has 6 heteroatoms. The predicted molar refractivity (Wildman–Crippen MR) is 95.1 cm³/mol. The van der Waals surface area contributed by atoms with Crippen molar-refractivity contribution in [2.24, 2.45) is 0 Å². The number of nitrogens with zero attached hydrogens (tertiary/aromatic N) is 1. The summed E-state index contributed by atoms with van der Waals surface area (Å²) in [5, 5.41) is 3.30. The minimum Gasteiger partial charge on any atom is -0.322 e. The molecule has 4 nitrogen and oxygen atoms in total. The Balaban J connectivity index is 1.83. The lowest BCUT2D eigenvalue weighted by Crippen LogP contribution is -2.24. The van der Waals surface area contributed by atoms with Crippen molar-refractivity contribution in [3.8, 4) is 0 Å². The zero-order valence-corrected chi connectivity index (χ0v) is 14.5. The van der Waals surface area contributed by atoms with Crippen LogP contribution < -0.4 is 10.2 Å². The number of rotatable bonds is 3. The van der Waals surface area contributed by atoms with Gasteiger partial charge in [0.15, 0.2) is 0 Å². The fourth-order valence-corrected chi connectivity index (χ4v) is 2.98. The van der Waals surface area contributed by atoms with E-state index in [0.29, 0.717) is 34.9 Å². The number of hydrogen-bond acceptors (Lipinski definition) is 2. The van der Waals surface area contributed by atoms with Crippen LogP contribution in [0.4, 0.5) is 11.4 Å². The second-order valence-electron chi connectivity index (χ2n) is 5.28. The van der Waals surface area contributed by atoms with Crippen LogP contribution in [0.3, 0.4) is 0 Å². The summed E-state index contributed by atoms with van der Waals surface area (Å²) in [4.78, 5) is 25.9. The lowest BCUT2D eigenvalue weighted by molar-refractivity contribution is -0.117. The SMILES string of the molecule is O=C(Nc1ccc(Br)cc1)c1ccc(Cl)c(N2CCCC2=O)c1. The van der Waals surface area contributed by atoms with Gasteiger partial charge in [-0.3, -0.25) is 9.59 Å². The van der Waals surface area contributed by atoms with Gasteiger partial charge in [0.05, 0.1) is 10.7 Å². The third-order valence-corrected chi connectivity index (χ3v) is 4.52. The van der Waals surface area contributed by atoms with E-state index >= 15 is 0 Å². The second kappa shape index (κ2) is 6.72. The fraction of sp³-hybridized carbons (Fsp3) is 0.176. The molecule has 0 saturated carbocycles. The fourth-order valence-electron chi connectivity index (χ4n) is 2.50. The van der Waals surface area contributed by atoms with Gasteiger partial charge >= 0.3 is 0 Å². The zero-order chi connectivity index (χ0) is 16.4. The molecule has 23 heavy (non-hydrogen) atoms. The molecule has 1 heterocycles. The molecule has 0 bridgehead atoms. The first kappa shape index (κ1) is 16.0. The minimum atomic E-state index is -0.239. The van der Waals surface area contributed by atoms with Gasteiger partial charge in [0.2, 0.25) is 5.91 Å². The highest BCUT2D eigenvalue weighted by Gasteiger charge is 2.24. The number of halogens is 2. The Labute approximate surface area is 147 Å². The first-order valence-corrected chi connectivity index (χ1v) is 8.38. The molecule has 2 amide bonds. The van der Waals surface area contributed by atoms with E-state index in [0.717, 1.165) is 10.9 Å². The molecule has 2 aromatic rings. The molecule has 118 valence electrons. The molecule has 0 unspecified atom stereocenters. The van der Waals surface area contributed by atoms with Crippen molar-refractivity contribution in [3.05, 3.63) is 57.5 Å². The maximum atomic E-state index is 12.4. The minimum absolute atomic E-state index is 0.0392. The van der Waals surface area contributed by atoms with Gasteiger partial charge in [-0.05, 0) is 48.9 Å². The number of nitrogens with one attached hydrogen (secondary N) is 1. The Kier molecular flexibility index (Phi) is 4.68. The van der Waals surface area contributed by atoms with Crippen molar-refractivity contribution >= 4 is 50.7 Å². The highest BCUT2D eigenvalue weighted by molar-refractivity contribution is 9.10. The van der Waals surface area contributed by atoms with E-state index in [2.05, 4.69) is 21.2 Å². The van der Waals surface area contributed by atoms with Crippen LogP contribution in [0.5, 0.6) is 0 Å². The summed E-state index contributed by atoms with van der Waals surface area (Å²) >= 11 is 9.55. The van der Waals surface area contributed by atoms with Gasteiger partial charge in [-0.25, -0.2) is 0 Å². The Morgan fingerprint density at radius 3 is 2.57 bits per heavy atom. The molecule has 0 aromatic heterocycles. The maximum absolute atomic E-state index is 12.4. The van der Waals surface area contributed by atoms with Gasteiger partial charge in [-0.1, -0.05) is 27.5 Å². The highest BCUT2D eigenvalue weighted by Crippen LogP contribution is 2.30. The van der Waals surface area contributed by atoms with Crippen molar-refractivity contribution in [2.45, 2.75) is 12.8 Å². The van der Waals surface area contributed by atoms with Crippen LogP contribution in [-0.2, 0) is 4.79 Å². The van der Waals surface area contributed by atoms with Crippen molar-refractivity contribution in [1.29, 1.82) is 0 Å². The van der Waals surface area contributed by atoms with Gasteiger partial charge in [0.1, 0.15) is 0 Å². The van der Waals surface area contributed by atoms with E-state index in [9.17, 15) is 9.59 Å². The average molecular weight is 394 g/mol. The molecule has 1 aliphatic heterocycles. The first-order chi connectivity index (χ1) is 11.0. The van der Waals surface area contributed by atoms with Crippen LogP contribution in [-0.4, -0.2) is 18.4 Å². The lowest BCUT2D eigenvalue weighted by Gasteiger charge is -2.18. The number of amides is 2. The predicted octanol–water partition coefficient (Wildman–Crippen LogP) is 4.48. The number of carbonyl (C=O) groups is 2. The van der Waals surface area contributed by atoms with Crippen molar-refractivity contribution < 1.29 is 9.59 Å². The summed E-state index contributed by atoms with van der Waals surface area (Å²) in [7, 11) is 0. The van der Waals surface area contributed by atoms with Gasteiger partial charge in [0, 0.05) is 28.7 Å². The molecule has 0 aliphatic carbocycles. The van der Waals surface area contributed by atoms with Crippen LogP contribution in [0.15, 0.2) is 46.9 Å². The van der Waals surface area contributed by atoms with E-state index in [4.69, 9.17) is 11.6 Å². The smallest absolute Gasteiger partial charge is 0.255 e. The summed E-state index contributed by atoms with van der Waals surface area (Å²) in [6, 6.07) is 12.3. The molecule has 1 aliphatic rings. The number of carbonyl (C=O) groups excluding carboxylic acids is 2. The van der Waals surface area contributed by atoms with E-state index in [1.54, 1.807) is 23.1 Å². The standard InChI is InChI=1S/C17H14BrClN2O2/c18-12-4-6-13(7-5-12)20-17(23)11-3-8-14(19)15(10-11)21-9-1-2-16(21)22/h3-8,10H,1-2,9H2,(H,20,23). The third kappa shape index (κ3) is 3.57. The largest absolute Gasteiger partial charge is 0.322 e. The van der Waals surface area contributed by atoms with Crippen LogP contribution in [0.25, 0.3) is 0 Å². The molecular weight excluding hydrogens is 380 g/mol. The monoisotopic (exact) mass is 392 g/mol. The number of hydrogen-bond donors (Lipinski definition) is 1. The Hall–Kier alpha value is -1.85. The molecule has 1 saturated heterocycles. The summed E-state index contributed by atoms with van der Waals surface area (Å²) in [6.07, 6.45) is 1.33. The van der Waals surface area contributed by atoms with Crippen molar-refractivity contribution in [2.75, 3.05) is 16.8 Å². The molecule has 3 rings (SSSR count). The molecule has 1 N–H and O–H groups in total. The zero-order valence-electron chi connectivity index (χ0n) is 12.2. The summed E-state index contributed by atoms with van der Waals surface area (Å²) in [5.74, 6) is -0.200. The molecule has 1 fully saturated rings. The summed E-state index contributed by atoms with van der Waals surface area (Å²) in [6.45, 7) is 0.635. The molecule has 0 radical (unpaired) electrons. The molecule has 2 aromatic carbocycles. The Bertz CT molecular complexity index is 762. The number of benzene rings is 2. The number of anilines is 2. The van der Waals surface area contributed by atoms with Crippen LogP contribution in [0, 0.1) is 0 Å². The van der Waals surface area contributed by atoms with Gasteiger partial charge < -0.3 is 10.2 Å². The van der Waals surface area contributed by atoms with Crippen LogP contribution in [0.2, 0.25) is 5.02 Å². The highest BCUT2D eigenvalue weighted by atomic mass is 79.9. The van der Waals surface area contributed by atoms with E-state index < -0.39 is 0 Å². The molecule has 0 spiro atoms. The van der Waals surface area contributed by atoms with Gasteiger partial charge in [0.25, 0.3) is 5.91 Å². The Morgan fingerprint density at radius 2 is 1.91 bits per heavy atom. The van der Waals surface area contributed by atoms with Gasteiger partial charge in [-0.2, -0.15) is 0 Å². The molecule has 0 atom stereocenters. The maximum Gasteiger partial charge on any atom is 0.255 e. The van der Waals surface area contributed by atoms with Gasteiger partial charge in [-0.15, -0.1) is 0 Å². The quantitative estimate of drug-likeness (QED) is 0.836. The topological polar surface area (TPSA) is 49.4 Å². The van der Waals surface area contributed by atoms with Crippen LogP contribution >= 0.6 is 27.5 Å². The second-order valence-corrected chi connectivity index (χ2v) is 6.60. The molecular formula is C17H14BrClN2O2. The summed E-state index contributed by atoms with van der Waals surface area (Å²) < 4.78 is 0.942. The van der Waals surface area contributed by atoms with E-state index in [1.165, 1.54) is 0 Å². The van der Waals surface area contributed by atoms with Crippen molar-refractivity contribution in [3.63, 3.8) is 0 Å². The lowest BCUT2D eigenvalue weighted by atomic mass is 10.1. The van der Waals surface area contributed by atoms with E-state index in [-0.39, 0.29) is 11.8 Å². The Morgan fingerprint density at radius 1 is 1.17 bits per heavy atom.